The summed E-state index contributed by atoms with van der Waals surface area (Å²) in [5.74, 6) is -1.82. The molecule has 3 N–H and O–H groups in total. The number of halogens is 8. The molecule has 0 atom stereocenters. The Balaban J connectivity index is 0.000000254. The van der Waals surface area contributed by atoms with Gasteiger partial charge in [-0.15, -0.1) is 0 Å². The number of carbonyl (C=O) groups excluding carboxylic acids is 1. The summed E-state index contributed by atoms with van der Waals surface area (Å²) >= 11 is 12.8. The number of ether oxygens (including phenoxy) is 1. The van der Waals surface area contributed by atoms with Crippen molar-refractivity contribution in [1.29, 1.82) is 0 Å². The van der Waals surface area contributed by atoms with Gasteiger partial charge in [0, 0.05) is 88.7 Å². The van der Waals surface area contributed by atoms with E-state index in [9.17, 15) is 31.1 Å². The van der Waals surface area contributed by atoms with Crippen LogP contribution in [0, 0.1) is 0 Å². The first kappa shape index (κ1) is 49.9. The van der Waals surface area contributed by atoms with Crippen LogP contribution in [0.15, 0.2) is 33.6 Å². The molecule has 6 heterocycles. The molecule has 0 radical (unpaired) electrons. The van der Waals surface area contributed by atoms with E-state index in [0.29, 0.717) is 83.9 Å². The molecule has 0 aromatic carbocycles. The lowest BCUT2D eigenvalue weighted by molar-refractivity contribution is -0.193. The Bertz CT molecular complexity index is 2040. The van der Waals surface area contributed by atoms with E-state index in [1.165, 1.54) is 0 Å². The zero-order valence-electron chi connectivity index (χ0n) is 33.3. The Labute approximate surface area is 354 Å². The highest BCUT2D eigenvalue weighted by Gasteiger charge is 2.39. The van der Waals surface area contributed by atoms with Crippen molar-refractivity contribution in [2.24, 2.45) is 0 Å². The van der Waals surface area contributed by atoms with Crippen LogP contribution in [0.1, 0.15) is 46.4 Å². The van der Waals surface area contributed by atoms with Crippen molar-refractivity contribution in [1.82, 2.24) is 40.5 Å². The molecule has 18 nitrogen and oxygen atoms in total. The zero-order chi connectivity index (χ0) is 45.7. The van der Waals surface area contributed by atoms with Gasteiger partial charge in [-0.05, 0) is 32.9 Å². The van der Waals surface area contributed by atoms with Crippen LogP contribution in [0.5, 0.6) is 0 Å². The minimum absolute atomic E-state index is 0.291. The van der Waals surface area contributed by atoms with Crippen molar-refractivity contribution >= 4 is 52.9 Å². The molecule has 2 fully saturated rings. The fraction of sp³-hybridized carbons (Fsp3) is 0.514. The van der Waals surface area contributed by atoms with Crippen molar-refractivity contribution in [3.8, 4) is 22.8 Å². The topological polar surface area (TPSA) is 226 Å². The smallest absolute Gasteiger partial charge is 0.475 e. The minimum atomic E-state index is -5.08. The van der Waals surface area contributed by atoms with Gasteiger partial charge < -0.3 is 44.0 Å². The molecule has 0 bridgehead atoms. The van der Waals surface area contributed by atoms with Crippen molar-refractivity contribution in [3.63, 3.8) is 0 Å². The number of aryl methyl sites for hydroxylation is 2. The Morgan fingerprint density at radius 2 is 1.10 bits per heavy atom. The highest BCUT2D eigenvalue weighted by Crippen LogP contribution is 2.30. The average molecular weight is 916 g/mol. The quantitative estimate of drug-likeness (QED) is 0.177. The maximum Gasteiger partial charge on any atom is 0.490 e. The Morgan fingerprint density at radius 1 is 0.721 bits per heavy atom. The van der Waals surface area contributed by atoms with E-state index < -0.39 is 29.9 Å². The third kappa shape index (κ3) is 15.8. The first-order chi connectivity index (χ1) is 28.4. The van der Waals surface area contributed by atoms with E-state index in [0.717, 1.165) is 37.6 Å². The summed E-state index contributed by atoms with van der Waals surface area (Å²) in [6.45, 7) is 15.6. The number of aliphatic carboxylic acids is 2. The van der Waals surface area contributed by atoms with Gasteiger partial charge in [0.25, 0.3) is 0 Å². The van der Waals surface area contributed by atoms with Gasteiger partial charge >= 0.3 is 30.4 Å². The summed E-state index contributed by atoms with van der Waals surface area (Å²) in [6.07, 6.45) is -5.64. The molecular weight excluding hydrogens is 873 g/mol. The van der Waals surface area contributed by atoms with Crippen molar-refractivity contribution in [2.45, 2.75) is 65.4 Å². The fourth-order valence-corrected chi connectivity index (χ4v) is 5.48. The number of hydrogen-bond donors (Lipinski definition) is 3. The Kier molecular flexibility index (Phi) is 17.9. The highest BCUT2D eigenvalue weighted by molar-refractivity contribution is 6.33. The highest BCUT2D eigenvalue weighted by atomic mass is 35.5. The van der Waals surface area contributed by atoms with Gasteiger partial charge in [-0.3, -0.25) is 0 Å². The predicted molar refractivity (Wildman–Crippen MR) is 206 cm³/mol. The predicted octanol–water partition coefficient (Wildman–Crippen LogP) is 6.43. The number of pyridine rings is 2. The lowest BCUT2D eigenvalue weighted by Crippen LogP contribution is -2.50. The molecule has 336 valence electrons. The molecule has 2 saturated heterocycles. The van der Waals surface area contributed by atoms with Gasteiger partial charge in [0.1, 0.15) is 17.2 Å². The van der Waals surface area contributed by atoms with Crippen molar-refractivity contribution in [3.05, 3.63) is 46.4 Å². The SMILES string of the molecule is CCc1nc(-c2cnc(N3CCN(C(=O)OC(C)(C)C)CC3)c(Cl)c2)no1.CCc1nc(-c2cnc(N3CCNCC3)c(Cl)c2)no1.O=C(O)C(F)(F)F.O=C(O)C(F)(F)F. The standard InChI is InChI=1S/C18H24ClN5O3.C13H16ClN5O.2C2HF3O2/c1-5-14-21-15(22-27-14)12-10-13(19)16(20-11-12)23-6-8-24(9-7-23)17(25)26-18(2,3)4;1-2-11-17-12(18-20-11)9-7-10(14)13(16-8-9)19-5-3-15-4-6-19;2*3-2(4,5)1(6)7/h10-11H,5-9H2,1-4H3;7-8,15H,2-6H2,1H3;2*(H,6,7). The molecule has 6 rings (SSSR count). The van der Waals surface area contributed by atoms with Crippen LogP contribution in [0.2, 0.25) is 10.0 Å². The van der Waals surface area contributed by atoms with Crippen LogP contribution < -0.4 is 15.1 Å². The number of anilines is 2. The van der Waals surface area contributed by atoms with E-state index >= 15 is 0 Å². The molecule has 4 aromatic rings. The maximum absolute atomic E-state index is 12.2. The van der Waals surface area contributed by atoms with Crippen LogP contribution in [0.25, 0.3) is 22.8 Å². The second-order valence-corrected chi connectivity index (χ2v) is 14.4. The number of carboxylic acid groups (broad SMARTS) is 2. The van der Waals surface area contributed by atoms with E-state index in [1.807, 2.05) is 40.7 Å². The van der Waals surface area contributed by atoms with Crippen molar-refractivity contribution in [2.75, 3.05) is 62.2 Å². The third-order valence-corrected chi connectivity index (χ3v) is 8.39. The number of aromatic nitrogens is 6. The van der Waals surface area contributed by atoms with Crippen LogP contribution in [-0.2, 0) is 27.2 Å². The van der Waals surface area contributed by atoms with E-state index in [2.05, 4.69) is 45.4 Å². The van der Waals surface area contributed by atoms with Crippen LogP contribution >= 0.6 is 23.2 Å². The zero-order valence-corrected chi connectivity index (χ0v) is 34.8. The van der Waals surface area contributed by atoms with Gasteiger partial charge in [0.15, 0.2) is 0 Å². The van der Waals surface area contributed by atoms with Crippen LogP contribution in [0.3, 0.4) is 0 Å². The molecule has 26 heteroatoms. The monoisotopic (exact) mass is 914 g/mol. The lowest BCUT2D eigenvalue weighted by atomic mass is 10.2. The molecule has 4 aromatic heterocycles. The van der Waals surface area contributed by atoms with Gasteiger partial charge in [0.2, 0.25) is 23.4 Å². The number of carbonyl (C=O) groups is 3. The van der Waals surface area contributed by atoms with E-state index in [4.69, 9.17) is 56.8 Å². The second-order valence-electron chi connectivity index (χ2n) is 13.6. The molecule has 61 heavy (non-hydrogen) atoms. The van der Waals surface area contributed by atoms with Crippen LogP contribution in [-0.4, -0.2) is 134 Å². The summed E-state index contributed by atoms with van der Waals surface area (Å²) in [5.41, 5.74) is 0.985. The third-order valence-electron chi connectivity index (χ3n) is 7.83. The molecule has 0 unspecified atom stereocenters. The normalized spacial score (nSPS) is 14.4. The summed E-state index contributed by atoms with van der Waals surface area (Å²) in [4.78, 5) is 53.4. The molecule has 1 amide bonds. The van der Waals surface area contributed by atoms with Gasteiger partial charge in [0.05, 0.1) is 10.0 Å². The average Bonchev–Trinajstić information content (AvgIpc) is 3.88. The number of alkyl halides is 6. The Hall–Kier alpha value is -5.49. The maximum atomic E-state index is 12.2. The van der Waals surface area contributed by atoms with Gasteiger partial charge in [-0.1, -0.05) is 47.4 Å². The summed E-state index contributed by atoms with van der Waals surface area (Å²) in [5, 5.41) is 26.6. The summed E-state index contributed by atoms with van der Waals surface area (Å²) in [7, 11) is 0. The van der Waals surface area contributed by atoms with E-state index in [-0.39, 0.29) is 6.09 Å². The molecule has 0 spiro atoms. The first-order valence-electron chi connectivity index (χ1n) is 18.2. The molecule has 0 saturated carbocycles. The molecule has 2 aliphatic heterocycles. The lowest BCUT2D eigenvalue weighted by Gasteiger charge is -2.36. The number of hydrogen-bond acceptors (Lipinski definition) is 15. The summed E-state index contributed by atoms with van der Waals surface area (Å²) < 4.78 is 79.1. The number of carboxylic acids is 2. The Morgan fingerprint density at radius 3 is 1.41 bits per heavy atom. The second kappa shape index (κ2) is 21.9. The van der Waals surface area contributed by atoms with Crippen LogP contribution in [0.4, 0.5) is 42.8 Å². The summed E-state index contributed by atoms with van der Waals surface area (Å²) in [6, 6.07) is 3.63. The number of nitrogens with zero attached hydrogens (tertiary/aromatic N) is 9. The largest absolute Gasteiger partial charge is 0.490 e. The number of rotatable bonds is 6. The fourth-order valence-electron chi connectivity index (χ4n) is 4.91. The number of amides is 1. The van der Waals surface area contributed by atoms with Crippen molar-refractivity contribution < 1.29 is 64.7 Å². The number of piperazine rings is 2. The van der Waals surface area contributed by atoms with E-state index in [1.54, 1.807) is 23.4 Å². The van der Waals surface area contributed by atoms with Gasteiger partial charge in [-0.25, -0.2) is 24.4 Å². The van der Waals surface area contributed by atoms with Gasteiger partial charge in [-0.2, -0.15) is 36.3 Å². The number of nitrogens with one attached hydrogen (secondary N) is 1. The first-order valence-corrected chi connectivity index (χ1v) is 18.9. The molecular formula is C35H42Cl2F6N10O8. The molecule has 0 aliphatic carbocycles. The molecule has 2 aliphatic rings. The minimum Gasteiger partial charge on any atom is -0.475 e.